The standard InChI is InChI=1S/C22H38FN5/c1-6-28(7-2)21-9-8-18(14-20(21)23)15-25-22(24-5)26-19-10-12-27(13-11-19)16-17(3)4/h8-9,14,17,19H,6-7,10-13,15-16H2,1-5H3,(H2,24,25,26). The fourth-order valence-electron chi connectivity index (χ4n) is 3.83. The lowest BCUT2D eigenvalue weighted by molar-refractivity contribution is 0.187. The summed E-state index contributed by atoms with van der Waals surface area (Å²) in [7, 11) is 1.79. The number of piperidine rings is 1. The molecule has 5 nitrogen and oxygen atoms in total. The number of hydrogen-bond donors (Lipinski definition) is 2. The van der Waals surface area contributed by atoms with E-state index in [9.17, 15) is 4.39 Å². The molecular weight excluding hydrogens is 353 g/mol. The molecule has 1 aliphatic rings. The Morgan fingerprint density at radius 2 is 1.93 bits per heavy atom. The van der Waals surface area contributed by atoms with E-state index in [0.29, 0.717) is 24.2 Å². The summed E-state index contributed by atoms with van der Waals surface area (Å²) in [6.07, 6.45) is 2.25. The number of benzene rings is 1. The molecule has 6 heteroatoms. The van der Waals surface area contributed by atoms with Gasteiger partial charge in [-0.15, -0.1) is 0 Å². The molecule has 28 heavy (non-hydrogen) atoms. The maximum atomic E-state index is 14.5. The van der Waals surface area contributed by atoms with Crippen LogP contribution in [0.4, 0.5) is 10.1 Å². The predicted octanol–water partition coefficient (Wildman–Crippen LogP) is 3.46. The van der Waals surface area contributed by atoms with Gasteiger partial charge in [0.25, 0.3) is 0 Å². The molecule has 1 fully saturated rings. The molecule has 2 rings (SSSR count). The van der Waals surface area contributed by atoms with Gasteiger partial charge in [-0.05, 0) is 50.3 Å². The molecule has 0 aliphatic carbocycles. The summed E-state index contributed by atoms with van der Waals surface area (Å²) in [4.78, 5) is 8.91. The van der Waals surface area contributed by atoms with Crippen molar-refractivity contribution in [2.45, 2.75) is 53.1 Å². The normalized spacial score (nSPS) is 16.5. The molecular formula is C22H38FN5. The van der Waals surface area contributed by atoms with Gasteiger partial charge in [-0.3, -0.25) is 4.99 Å². The van der Waals surface area contributed by atoms with E-state index < -0.39 is 0 Å². The lowest BCUT2D eigenvalue weighted by atomic mass is 10.0. The number of nitrogens with zero attached hydrogens (tertiary/aromatic N) is 3. The molecule has 0 saturated carbocycles. The van der Waals surface area contributed by atoms with Crippen LogP contribution in [0.2, 0.25) is 0 Å². The molecule has 158 valence electrons. The molecule has 2 N–H and O–H groups in total. The zero-order valence-electron chi connectivity index (χ0n) is 18.3. The Balaban J connectivity index is 1.83. The van der Waals surface area contributed by atoms with Crippen LogP contribution >= 0.6 is 0 Å². The number of likely N-dealkylation sites (tertiary alicyclic amines) is 1. The van der Waals surface area contributed by atoms with E-state index in [1.54, 1.807) is 13.1 Å². The summed E-state index contributed by atoms with van der Waals surface area (Å²) in [6.45, 7) is 14.2. The molecule has 0 amide bonds. The minimum absolute atomic E-state index is 0.163. The van der Waals surface area contributed by atoms with Gasteiger partial charge in [-0.25, -0.2) is 4.39 Å². The summed E-state index contributed by atoms with van der Waals surface area (Å²) in [5, 5.41) is 6.85. The first-order valence-corrected chi connectivity index (χ1v) is 10.7. The van der Waals surface area contributed by atoms with Gasteiger partial charge in [0.05, 0.1) is 5.69 Å². The first-order chi connectivity index (χ1) is 13.5. The topological polar surface area (TPSA) is 42.9 Å². The van der Waals surface area contributed by atoms with Gasteiger partial charge < -0.3 is 20.4 Å². The number of hydrogen-bond acceptors (Lipinski definition) is 3. The molecule has 0 unspecified atom stereocenters. The van der Waals surface area contributed by atoms with Gasteiger partial charge in [0, 0.05) is 52.4 Å². The number of nitrogens with one attached hydrogen (secondary N) is 2. The molecule has 1 aromatic carbocycles. The van der Waals surface area contributed by atoms with E-state index in [4.69, 9.17) is 0 Å². The molecule has 1 heterocycles. The van der Waals surface area contributed by atoms with Crippen molar-refractivity contribution >= 4 is 11.6 Å². The molecule has 0 spiro atoms. The van der Waals surface area contributed by atoms with Crippen LogP contribution < -0.4 is 15.5 Å². The van der Waals surface area contributed by atoms with E-state index in [-0.39, 0.29) is 5.82 Å². The van der Waals surface area contributed by atoms with Crippen molar-refractivity contribution in [3.8, 4) is 0 Å². The summed E-state index contributed by atoms with van der Waals surface area (Å²) in [5.74, 6) is 1.34. The van der Waals surface area contributed by atoms with Crippen LogP contribution in [0.25, 0.3) is 0 Å². The highest BCUT2D eigenvalue weighted by Gasteiger charge is 2.20. The van der Waals surface area contributed by atoms with Crippen molar-refractivity contribution in [2.75, 3.05) is 44.7 Å². The number of halogens is 1. The van der Waals surface area contributed by atoms with E-state index in [0.717, 1.165) is 50.5 Å². The van der Waals surface area contributed by atoms with Crippen molar-refractivity contribution in [1.82, 2.24) is 15.5 Å². The molecule has 1 saturated heterocycles. The fraction of sp³-hybridized carbons (Fsp3) is 0.682. The van der Waals surface area contributed by atoms with Crippen LogP contribution in [-0.4, -0.2) is 56.7 Å². The SMILES string of the molecule is CCN(CC)c1ccc(CNC(=NC)NC2CCN(CC(C)C)CC2)cc1F. The Morgan fingerprint density at radius 3 is 2.46 bits per heavy atom. The van der Waals surface area contributed by atoms with Crippen LogP contribution in [0.1, 0.15) is 46.1 Å². The quantitative estimate of drug-likeness (QED) is 0.526. The van der Waals surface area contributed by atoms with Crippen LogP contribution in [0.3, 0.4) is 0 Å². The van der Waals surface area contributed by atoms with E-state index in [1.807, 2.05) is 30.9 Å². The average molecular weight is 392 g/mol. The van der Waals surface area contributed by atoms with Crippen molar-refractivity contribution in [2.24, 2.45) is 10.9 Å². The first kappa shape index (κ1) is 22.5. The first-order valence-electron chi connectivity index (χ1n) is 10.7. The zero-order chi connectivity index (χ0) is 20.5. The molecule has 0 aromatic heterocycles. The third kappa shape index (κ3) is 6.66. The summed E-state index contributed by atoms with van der Waals surface area (Å²) in [6, 6.07) is 5.93. The van der Waals surface area contributed by atoms with Crippen LogP contribution in [0, 0.1) is 11.7 Å². The Labute approximate surface area is 170 Å². The maximum absolute atomic E-state index is 14.5. The third-order valence-electron chi connectivity index (χ3n) is 5.35. The van der Waals surface area contributed by atoms with Gasteiger partial charge in [0.15, 0.2) is 5.96 Å². The maximum Gasteiger partial charge on any atom is 0.191 e. The second-order valence-electron chi connectivity index (χ2n) is 8.00. The predicted molar refractivity (Wildman–Crippen MR) is 118 cm³/mol. The van der Waals surface area contributed by atoms with Crippen LogP contribution in [-0.2, 0) is 6.54 Å². The van der Waals surface area contributed by atoms with Crippen molar-refractivity contribution in [3.63, 3.8) is 0 Å². The highest BCUT2D eigenvalue weighted by atomic mass is 19.1. The lowest BCUT2D eigenvalue weighted by Crippen LogP contribution is -2.49. The van der Waals surface area contributed by atoms with Gasteiger partial charge in [0.1, 0.15) is 5.82 Å². The Hall–Kier alpha value is -1.82. The second kappa shape index (κ2) is 11.2. The molecule has 1 aliphatic heterocycles. The lowest BCUT2D eigenvalue weighted by Gasteiger charge is -2.34. The Bertz CT molecular complexity index is 619. The van der Waals surface area contributed by atoms with E-state index in [2.05, 4.69) is 34.4 Å². The number of aliphatic imine (C=N–C) groups is 1. The highest BCUT2D eigenvalue weighted by molar-refractivity contribution is 5.80. The van der Waals surface area contributed by atoms with Gasteiger partial charge >= 0.3 is 0 Å². The molecule has 1 aromatic rings. The van der Waals surface area contributed by atoms with Gasteiger partial charge in [-0.2, -0.15) is 0 Å². The minimum atomic E-state index is -0.163. The highest BCUT2D eigenvalue weighted by Crippen LogP contribution is 2.20. The second-order valence-corrected chi connectivity index (χ2v) is 8.00. The largest absolute Gasteiger partial charge is 0.370 e. The minimum Gasteiger partial charge on any atom is -0.370 e. The number of rotatable bonds is 8. The number of anilines is 1. The monoisotopic (exact) mass is 391 g/mol. The smallest absolute Gasteiger partial charge is 0.191 e. The molecule has 0 bridgehead atoms. The van der Waals surface area contributed by atoms with Crippen molar-refractivity contribution in [1.29, 1.82) is 0 Å². The zero-order valence-corrected chi connectivity index (χ0v) is 18.3. The van der Waals surface area contributed by atoms with Crippen molar-refractivity contribution in [3.05, 3.63) is 29.6 Å². The molecule has 0 radical (unpaired) electrons. The Morgan fingerprint density at radius 1 is 1.25 bits per heavy atom. The summed E-state index contributed by atoms with van der Waals surface area (Å²) >= 11 is 0. The van der Waals surface area contributed by atoms with Crippen LogP contribution in [0.5, 0.6) is 0 Å². The van der Waals surface area contributed by atoms with Gasteiger partial charge in [-0.1, -0.05) is 19.9 Å². The number of guanidine groups is 1. The fourth-order valence-corrected chi connectivity index (χ4v) is 3.83. The summed E-state index contributed by atoms with van der Waals surface area (Å²) < 4.78 is 14.5. The third-order valence-corrected chi connectivity index (χ3v) is 5.35. The molecule has 0 atom stereocenters. The van der Waals surface area contributed by atoms with E-state index >= 15 is 0 Å². The van der Waals surface area contributed by atoms with Gasteiger partial charge in [0.2, 0.25) is 0 Å². The van der Waals surface area contributed by atoms with Crippen LogP contribution in [0.15, 0.2) is 23.2 Å². The van der Waals surface area contributed by atoms with E-state index in [1.165, 1.54) is 6.54 Å². The average Bonchev–Trinajstić information content (AvgIpc) is 2.68. The Kier molecular flexibility index (Phi) is 9.03. The summed E-state index contributed by atoms with van der Waals surface area (Å²) in [5.41, 5.74) is 1.59. The van der Waals surface area contributed by atoms with Crippen molar-refractivity contribution < 1.29 is 4.39 Å².